The molecule has 2 nitrogen and oxygen atoms in total. The van der Waals surface area contributed by atoms with Crippen molar-refractivity contribution in [2.45, 2.75) is 59.8 Å². The average molecular weight is 312 g/mol. The Bertz CT molecular complexity index is 630. The molecule has 0 fully saturated rings. The maximum absolute atomic E-state index is 10.9. The maximum atomic E-state index is 10.9. The number of rotatable bonds is 5. The summed E-state index contributed by atoms with van der Waals surface area (Å²) in [6.45, 7) is 9.19. The zero-order valence-corrected chi connectivity index (χ0v) is 14.8. The summed E-state index contributed by atoms with van der Waals surface area (Å²) in [4.78, 5) is 10.9. The molecule has 1 aromatic rings. The predicted octanol–water partition coefficient (Wildman–Crippen LogP) is 6.09. The molecule has 1 aliphatic carbocycles. The standard InChI is InChI=1S/C21H28O2/c1-15(14-17-8-10-18(11-9-17)20(22)23)7-12-19-16(2)6-5-13-21(19,3)4/h8-11,14H,5-7,12-13H2,1-4H3,(H,22,23)/b15-14+. The highest BCUT2D eigenvalue weighted by Gasteiger charge is 2.27. The molecular formula is C21H28O2. The molecule has 0 bridgehead atoms. The first kappa shape index (κ1) is 17.5. The second-order valence-corrected chi connectivity index (χ2v) is 7.41. The number of aromatic carboxylic acids is 1. The van der Waals surface area contributed by atoms with E-state index in [1.165, 1.54) is 24.8 Å². The fourth-order valence-electron chi connectivity index (χ4n) is 3.63. The molecule has 1 N–H and O–H groups in total. The summed E-state index contributed by atoms with van der Waals surface area (Å²) in [5.41, 5.74) is 6.31. The van der Waals surface area contributed by atoms with Gasteiger partial charge in [0.2, 0.25) is 0 Å². The number of benzene rings is 1. The van der Waals surface area contributed by atoms with Crippen LogP contribution in [0, 0.1) is 5.41 Å². The first-order valence-corrected chi connectivity index (χ1v) is 8.49. The highest BCUT2D eigenvalue weighted by molar-refractivity contribution is 5.87. The van der Waals surface area contributed by atoms with Crippen LogP contribution >= 0.6 is 0 Å². The lowest BCUT2D eigenvalue weighted by Gasteiger charge is -2.35. The van der Waals surface area contributed by atoms with Gasteiger partial charge in [0.15, 0.2) is 0 Å². The van der Waals surface area contributed by atoms with Gasteiger partial charge in [0.05, 0.1) is 5.56 Å². The Morgan fingerprint density at radius 2 is 1.91 bits per heavy atom. The topological polar surface area (TPSA) is 37.3 Å². The van der Waals surface area contributed by atoms with Gasteiger partial charge in [0.25, 0.3) is 0 Å². The smallest absolute Gasteiger partial charge is 0.335 e. The molecule has 0 radical (unpaired) electrons. The van der Waals surface area contributed by atoms with E-state index < -0.39 is 5.97 Å². The molecule has 0 saturated heterocycles. The van der Waals surface area contributed by atoms with Crippen molar-refractivity contribution < 1.29 is 9.90 Å². The van der Waals surface area contributed by atoms with Gasteiger partial charge in [-0.15, -0.1) is 0 Å². The van der Waals surface area contributed by atoms with Crippen LogP contribution in [-0.4, -0.2) is 11.1 Å². The maximum Gasteiger partial charge on any atom is 0.335 e. The van der Waals surface area contributed by atoms with Crippen molar-refractivity contribution in [3.05, 3.63) is 52.1 Å². The minimum atomic E-state index is -0.876. The minimum Gasteiger partial charge on any atom is -0.478 e. The zero-order chi connectivity index (χ0) is 17.0. The largest absolute Gasteiger partial charge is 0.478 e. The second kappa shape index (κ2) is 7.16. The molecule has 124 valence electrons. The first-order chi connectivity index (χ1) is 10.8. The first-order valence-electron chi connectivity index (χ1n) is 8.49. The Morgan fingerprint density at radius 1 is 1.26 bits per heavy atom. The lowest BCUT2D eigenvalue weighted by atomic mass is 9.71. The van der Waals surface area contributed by atoms with Gasteiger partial charge >= 0.3 is 5.97 Å². The lowest BCUT2D eigenvalue weighted by molar-refractivity contribution is 0.0697. The van der Waals surface area contributed by atoms with E-state index in [0.717, 1.165) is 18.4 Å². The molecule has 1 aromatic carbocycles. The number of carbonyl (C=O) groups is 1. The molecule has 23 heavy (non-hydrogen) atoms. The van der Waals surface area contributed by atoms with Crippen molar-refractivity contribution in [3.63, 3.8) is 0 Å². The summed E-state index contributed by atoms with van der Waals surface area (Å²) >= 11 is 0. The van der Waals surface area contributed by atoms with Gasteiger partial charge in [0.1, 0.15) is 0 Å². The third-order valence-electron chi connectivity index (χ3n) is 5.03. The van der Waals surface area contributed by atoms with Crippen molar-refractivity contribution in [2.24, 2.45) is 5.41 Å². The third-order valence-corrected chi connectivity index (χ3v) is 5.03. The van der Waals surface area contributed by atoms with Crippen LogP contribution in [0.5, 0.6) is 0 Å². The summed E-state index contributed by atoms with van der Waals surface area (Å²) < 4.78 is 0. The number of carboxylic acids is 1. The summed E-state index contributed by atoms with van der Waals surface area (Å²) in [7, 11) is 0. The fourth-order valence-corrected chi connectivity index (χ4v) is 3.63. The van der Waals surface area contributed by atoms with Crippen LogP contribution in [-0.2, 0) is 0 Å². The third kappa shape index (κ3) is 4.57. The van der Waals surface area contributed by atoms with Crippen LogP contribution in [0.4, 0.5) is 0 Å². The molecular weight excluding hydrogens is 284 g/mol. The summed E-state index contributed by atoms with van der Waals surface area (Å²) in [6.07, 6.45) is 8.22. The van der Waals surface area contributed by atoms with Gasteiger partial charge in [0, 0.05) is 0 Å². The van der Waals surface area contributed by atoms with E-state index in [0.29, 0.717) is 11.0 Å². The van der Waals surface area contributed by atoms with Gasteiger partial charge in [-0.3, -0.25) is 0 Å². The van der Waals surface area contributed by atoms with Gasteiger partial charge in [-0.05, 0) is 69.1 Å². The molecule has 0 spiro atoms. The Labute approximate surface area is 139 Å². The molecule has 0 aromatic heterocycles. The molecule has 2 rings (SSSR count). The Hall–Kier alpha value is -1.83. The van der Waals surface area contributed by atoms with Crippen molar-refractivity contribution in [2.75, 3.05) is 0 Å². The summed E-state index contributed by atoms with van der Waals surface area (Å²) in [6, 6.07) is 7.08. The molecule has 0 heterocycles. The van der Waals surface area contributed by atoms with Crippen molar-refractivity contribution >= 4 is 12.0 Å². The Balaban J connectivity index is 2.04. The molecule has 0 unspecified atom stereocenters. The van der Waals surface area contributed by atoms with E-state index >= 15 is 0 Å². The Morgan fingerprint density at radius 3 is 2.48 bits per heavy atom. The fraction of sp³-hybridized carbons (Fsp3) is 0.476. The lowest BCUT2D eigenvalue weighted by Crippen LogP contribution is -2.20. The molecule has 0 aliphatic heterocycles. The van der Waals surface area contributed by atoms with Crippen LogP contribution in [0.3, 0.4) is 0 Å². The average Bonchev–Trinajstić information content (AvgIpc) is 2.46. The number of allylic oxidation sites excluding steroid dienone is 3. The van der Waals surface area contributed by atoms with E-state index in [1.807, 2.05) is 12.1 Å². The summed E-state index contributed by atoms with van der Waals surface area (Å²) in [5.74, 6) is -0.876. The van der Waals surface area contributed by atoms with Crippen LogP contribution in [0.15, 0.2) is 41.0 Å². The molecule has 1 aliphatic rings. The normalized spacial score (nSPS) is 18.2. The summed E-state index contributed by atoms with van der Waals surface area (Å²) in [5, 5.41) is 8.94. The Kier molecular flexibility index (Phi) is 5.46. The predicted molar refractivity (Wildman–Crippen MR) is 96.6 cm³/mol. The molecule has 0 saturated carbocycles. The number of hydrogen-bond donors (Lipinski definition) is 1. The van der Waals surface area contributed by atoms with Gasteiger partial charge in [-0.25, -0.2) is 4.79 Å². The quantitative estimate of drug-likeness (QED) is 0.667. The van der Waals surface area contributed by atoms with Crippen LogP contribution in [0.1, 0.15) is 75.7 Å². The van der Waals surface area contributed by atoms with Gasteiger partial charge in [-0.2, -0.15) is 0 Å². The van der Waals surface area contributed by atoms with Crippen molar-refractivity contribution in [1.82, 2.24) is 0 Å². The van der Waals surface area contributed by atoms with E-state index in [2.05, 4.69) is 33.8 Å². The van der Waals surface area contributed by atoms with Crippen LogP contribution in [0.25, 0.3) is 6.08 Å². The minimum absolute atomic E-state index is 0.338. The molecule has 2 heteroatoms. The van der Waals surface area contributed by atoms with Crippen molar-refractivity contribution in [1.29, 1.82) is 0 Å². The van der Waals surface area contributed by atoms with Crippen molar-refractivity contribution in [3.8, 4) is 0 Å². The number of carboxylic acid groups (broad SMARTS) is 1. The van der Waals surface area contributed by atoms with Crippen LogP contribution < -0.4 is 0 Å². The van der Waals surface area contributed by atoms with Crippen LogP contribution in [0.2, 0.25) is 0 Å². The number of hydrogen-bond acceptors (Lipinski definition) is 1. The van der Waals surface area contributed by atoms with E-state index in [9.17, 15) is 4.79 Å². The van der Waals surface area contributed by atoms with E-state index in [1.54, 1.807) is 23.3 Å². The van der Waals surface area contributed by atoms with Gasteiger partial charge in [-0.1, -0.05) is 48.8 Å². The highest BCUT2D eigenvalue weighted by atomic mass is 16.4. The van der Waals surface area contributed by atoms with Gasteiger partial charge < -0.3 is 5.11 Å². The monoisotopic (exact) mass is 312 g/mol. The zero-order valence-electron chi connectivity index (χ0n) is 14.8. The SMILES string of the molecule is CC1=C(CC/C(C)=C/c2ccc(C(=O)O)cc2)C(C)(C)CCC1. The van der Waals surface area contributed by atoms with E-state index in [4.69, 9.17) is 5.11 Å². The molecule has 0 atom stereocenters. The van der Waals surface area contributed by atoms with E-state index in [-0.39, 0.29) is 0 Å². The second-order valence-electron chi connectivity index (χ2n) is 7.41. The molecule has 0 amide bonds. The highest BCUT2D eigenvalue weighted by Crippen LogP contribution is 2.42.